The van der Waals surface area contributed by atoms with Gasteiger partial charge in [0.05, 0.1) is 0 Å². The van der Waals surface area contributed by atoms with Gasteiger partial charge in [0.15, 0.2) is 17.6 Å². The Morgan fingerprint density at radius 1 is 1.13 bits per heavy atom. The molecule has 154 valence electrons. The molecular formula is C22H23N5O3. The summed E-state index contributed by atoms with van der Waals surface area (Å²) in [6.45, 7) is 5.24. The fourth-order valence-corrected chi connectivity index (χ4v) is 2.71. The Morgan fingerprint density at radius 2 is 1.83 bits per heavy atom. The molecular weight excluding hydrogens is 382 g/mol. The van der Waals surface area contributed by atoms with E-state index in [-0.39, 0.29) is 5.70 Å². The lowest BCUT2D eigenvalue weighted by molar-refractivity contribution is -0.147. The maximum Gasteiger partial charge on any atom is 0.357 e. The van der Waals surface area contributed by atoms with Gasteiger partial charge >= 0.3 is 5.97 Å². The number of benzene rings is 2. The summed E-state index contributed by atoms with van der Waals surface area (Å²) in [4.78, 5) is 25.3. The number of carbonyl (C=O) groups excluding carboxylic acids is 2. The molecule has 0 aliphatic rings. The van der Waals surface area contributed by atoms with E-state index in [1.54, 1.807) is 13.0 Å². The predicted octanol–water partition coefficient (Wildman–Crippen LogP) is 3.11. The van der Waals surface area contributed by atoms with E-state index in [1.807, 2.05) is 54.6 Å². The number of rotatable bonds is 7. The van der Waals surface area contributed by atoms with E-state index < -0.39 is 18.0 Å². The topological polar surface area (TPSA) is 99.0 Å². The molecule has 0 aliphatic carbocycles. The molecule has 0 fully saturated rings. The molecule has 2 aromatic carbocycles. The van der Waals surface area contributed by atoms with Crippen molar-refractivity contribution in [2.45, 2.75) is 33.3 Å². The van der Waals surface area contributed by atoms with Crippen molar-refractivity contribution in [3.05, 3.63) is 71.5 Å². The first-order valence-corrected chi connectivity index (χ1v) is 9.60. The van der Waals surface area contributed by atoms with E-state index in [0.29, 0.717) is 11.5 Å². The van der Waals surface area contributed by atoms with Gasteiger partial charge in [-0.1, -0.05) is 49.4 Å². The average molecular weight is 405 g/mol. The number of ether oxygens (including phenoxy) is 1. The first-order chi connectivity index (χ1) is 14.5. The number of nitrogens with one attached hydrogen (secondary N) is 1. The zero-order valence-electron chi connectivity index (χ0n) is 17.1. The highest BCUT2D eigenvalue weighted by Gasteiger charge is 2.23. The third-order valence-electron chi connectivity index (χ3n) is 4.45. The van der Waals surface area contributed by atoms with Gasteiger partial charge in [0, 0.05) is 5.69 Å². The number of hydrogen-bond acceptors (Lipinski definition) is 6. The van der Waals surface area contributed by atoms with Crippen molar-refractivity contribution in [2.75, 3.05) is 5.32 Å². The molecule has 8 heteroatoms. The van der Waals surface area contributed by atoms with Crippen LogP contribution in [0.3, 0.4) is 0 Å². The van der Waals surface area contributed by atoms with Gasteiger partial charge in [-0.3, -0.25) is 4.79 Å². The number of nitrogens with zero attached hydrogens (tertiary/aromatic N) is 4. The van der Waals surface area contributed by atoms with Crippen molar-refractivity contribution < 1.29 is 14.3 Å². The molecule has 0 bridgehead atoms. The Labute approximate surface area is 174 Å². The van der Waals surface area contributed by atoms with E-state index in [1.165, 1.54) is 17.2 Å². The summed E-state index contributed by atoms with van der Waals surface area (Å²) in [5.74, 6) is -0.722. The molecule has 8 nitrogen and oxygen atoms in total. The number of esters is 1. The second-order valence-electron chi connectivity index (χ2n) is 6.67. The number of anilines is 1. The van der Waals surface area contributed by atoms with Crippen LogP contribution in [0.4, 0.5) is 5.69 Å². The van der Waals surface area contributed by atoms with Crippen LogP contribution in [0.1, 0.15) is 30.8 Å². The van der Waals surface area contributed by atoms with Gasteiger partial charge < -0.3 is 10.1 Å². The number of hydrogen-bond donors (Lipinski definition) is 1. The van der Waals surface area contributed by atoms with E-state index in [9.17, 15) is 9.59 Å². The van der Waals surface area contributed by atoms with Crippen LogP contribution in [0.25, 0.3) is 11.8 Å². The standard InChI is InChI=1S/C22H23N5O3/c1-4-17-10-12-19(13-11-17)23-21(28)15(2)30-22(29)20(27-16(3)24-25-26-27)14-18-8-6-5-7-9-18/h5-15H,4H2,1-3H3,(H,23,28). The molecule has 0 saturated carbocycles. The molecule has 1 aromatic heterocycles. The van der Waals surface area contributed by atoms with Gasteiger partial charge in [-0.2, -0.15) is 4.68 Å². The second-order valence-corrected chi connectivity index (χ2v) is 6.67. The fourth-order valence-electron chi connectivity index (χ4n) is 2.71. The number of amides is 1. The Morgan fingerprint density at radius 3 is 2.43 bits per heavy atom. The Bertz CT molecular complexity index is 1040. The van der Waals surface area contributed by atoms with Crippen molar-refractivity contribution in [2.24, 2.45) is 0 Å². The van der Waals surface area contributed by atoms with E-state index in [0.717, 1.165) is 12.0 Å². The van der Waals surface area contributed by atoms with Crippen LogP contribution in [0, 0.1) is 6.92 Å². The predicted molar refractivity (Wildman–Crippen MR) is 113 cm³/mol. The summed E-state index contributed by atoms with van der Waals surface area (Å²) in [6, 6.07) is 16.7. The summed E-state index contributed by atoms with van der Waals surface area (Å²) in [7, 11) is 0. The second kappa shape index (κ2) is 9.60. The van der Waals surface area contributed by atoms with Gasteiger partial charge in [0.25, 0.3) is 5.91 Å². The minimum Gasteiger partial charge on any atom is -0.448 e. The monoisotopic (exact) mass is 405 g/mol. The maximum absolute atomic E-state index is 12.9. The minimum atomic E-state index is -1.01. The molecule has 1 N–H and O–H groups in total. The van der Waals surface area contributed by atoms with E-state index in [2.05, 4.69) is 27.8 Å². The largest absolute Gasteiger partial charge is 0.448 e. The van der Waals surface area contributed by atoms with Gasteiger partial charge in [-0.15, -0.1) is 5.10 Å². The lowest BCUT2D eigenvalue weighted by Crippen LogP contribution is -2.31. The van der Waals surface area contributed by atoms with Gasteiger partial charge in [0.2, 0.25) is 0 Å². The third kappa shape index (κ3) is 5.16. The molecule has 0 radical (unpaired) electrons. The molecule has 1 heterocycles. The Kier molecular flexibility index (Phi) is 6.69. The SMILES string of the molecule is CCc1ccc(NC(=O)C(C)OC(=O)C(=Cc2ccccc2)n2nnnc2C)cc1. The highest BCUT2D eigenvalue weighted by Crippen LogP contribution is 2.16. The summed E-state index contributed by atoms with van der Waals surface area (Å²) in [5, 5.41) is 14.0. The van der Waals surface area contributed by atoms with Crippen LogP contribution in [0.5, 0.6) is 0 Å². The normalized spacial score (nSPS) is 12.3. The van der Waals surface area contributed by atoms with Crippen LogP contribution in [0.15, 0.2) is 54.6 Å². The number of tetrazole rings is 1. The van der Waals surface area contributed by atoms with Crippen molar-refractivity contribution >= 4 is 29.3 Å². The zero-order chi connectivity index (χ0) is 21.5. The van der Waals surface area contributed by atoms with Crippen molar-refractivity contribution in [1.82, 2.24) is 20.2 Å². The van der Waals surface area contributed by atoms with Gasteiger partial charge in [-0.05, 0) is 60.0 Å². The van der Waals surface area contributed by atoms with Gasteiger partial charge in [-0.25, -0.2) is 4.79 Å². The van der Waals surface area contributed by atoms with E-state index in [4.69, 9.17) is 4.74 Å². The summed E-state index contributed by atoms with van der Waals surface area (Å²) < 4.78 is 6.69. The van der Waals surface area contributed by atoms with Crippen LogP contribution in [-0.2, 0) is 20.7 Å². The van der Waals surface area contributed by atoms with Crippen molar-refractivity contribution in [1.29, 1.82) is 0 Å². The molecule has 30 heavy (non-hydrogen) atoms. The summed E-state index contributed by atoms with van der Waals surface area (Å²) in [6.07, 6.45) is 1.51. The first-order valence-electron chi connectivity index (χ1n) is 9.60. The molecule has 0 spiro atoms. The molecule has 0 aliphatic heterocycles. The maximum atomic E-state index is 12.9. The fraction of sp³-hybridized carbons (Fsp3) is 0.227. The third-order valence-corrected chi connectivity index (χ3v) is 4.45. The van der Waals surface area contributed by atoms with E-state index >= 15 is 0 Å². The van der Waals surface area contributed by atoms with Crippen molar-refractivity contribution in [3.63, 3.8) is 0 Å². The smallest absolute Gasteiger partial charge is 0.357 e. The van der Waals surface area contributed by atoms with Crippen LogP contribution in [0.2, 0.25) is 0 Å². The highest BCUT2D eigenvalue weighted by molar-refractivity contribution is 6.16. The zero-order valence-corrected chi connectivity index (χ0v) is 17.1. The molecule has 1 amide bonds. The molecule has 3 rings (SSSR count). The molecule has 1 atom stereocenters. The molecule has 0 saturated heterocycles. The minimum absolute atomic E-state index is 0.107. The van der Waals surface area contributed by atoms with Crippen molar-refractivity contribution in [3.8, 4) is 0 Å². The summed E-state index contributed by atoms with van der Waals surface area (Å²) >= 11 is 0. The first kappa shape index (κ1) is 20.9. The Hall–Kier alpha value is -3.81. The Balaban J connectivity index is 1.75. The quantitative estimate of drug-likeness (QED) is 0.479. The summed E-state index contributed by atoms with van der Waals surface area (Å²) in [5.41, 5.74) is 2.68. The average Bonchev–Trinajstić information content (AvgIpc) is 3.18. The molecule has 1 unspecified atom stereocenters. The lowest BCUT2D eigenvalue weighted by atomic mass is 10.1. The van der Waals surface area contributed by atoms with Crippen LogP contribution in [-0.4, -0.2) is 38.2 Å². The lowest BCUT2D eigenvalue weighted by Gasteiger charge is -2.15. The number of aromatic nitrogens is 4. The molecule has 3 aromatic rings. The number of aryl methyl sites for hydroxylation is 2. The van der Waals surface area contributed by atoms with Gasteiger partial charge in [0.1, 0.15) is 0 Å². The number of carbonyl (C=O) groups is 2. The van der Waals surface area contributed by atoms with Crippen LogP contribution < -0.4 is 5.32 Å². The highest BCUT2D eigenvalue weighted by atomic mass is 16.5. The van der Waals surface area contributed by atoms with Crippen LogP contribution >= 0.6 is 0 Å².